The lowest BCUT2D eigenvalue weighted by Crippen LogP contribution is -2.30. The second kappa shape index (κ2) is 8.19. The lowest BCUT2D eigenvalue weighted by atomic mass is 9.88. The van der Waals surface area contributed by atoms with Crippen molar-refractivity contribution in [2.45, 2.75) is 58.4 Å². The van der Waals surface area contributed by atoms with Gasteiger partial charge >= 0.3 is 0 Å². The first kappa shape index (κ1) is 16.0. The molecule has 20 heavy (non-hydrogen) atoms. The lowest BCUT2D eigenvalue weighted by molar-refractivity contribution is 0.348. The normalized spacial score (nSPS) is 17.8. The number of benzene rings is 1. The van der Waals surface area contributed by atoms with Crippen LogP contribution in [0.2, 0.25) is 0 Å². The van der Waals surface area contributed by atoms with Gasteiger partial charge in [0.1, 0.15) is 0 Å². The summed E-state index contributed by atoms with van der Waals surface area (Å²) >= 11 is 3.59. The van der Waals surface area contributed by atoms with Gasteiger partial charge in [0.15, 0.2) is 0 Å². The van der Waals surface area contributed by atoms with E-state index in [1.807, 2.05) is 0 Å². The summed E-state index contributed by atoms with van der Waals surface area (Å²) < 4.78 is 1.20. The highest BCUT2D eigenvalue weighted by molar-refractivity contribution is 9.10. The third-order valence-electron chi connectivity index (χ3n) is 4.37. The number of nitrogens with one attached hydrogen (secondary N) is 1. The highest BCUT2D eigenvalue weighted by Gasteiger charge is 2.20. The topological polar surface area (TPSA) is 12.0 Å². The van der Waals surface area contributed by atoms with E-state index in [2.05, 4.69) is 59.4 Å². The molecule has 2 rings (SSSR count). The Morgan fingerprint density at radius 3 is 2.65 bits per heavy atom. The van der Waals surface area contributed by atoms with Gasteiger partial charge in [-0.25, -0.2) is 0 Å². The van der Waals surface area contributed by atoms with Crippen LogP contribution in [0, 0.1) is 11.8 Å². The molecule has 0 bridgehead atoms. The third-order valence-corrected chi connectivity index (χ3v) is 4.86. The summed E-state index contributed by atoms with van der Waals surface area (Å²) in [5.41, 5.74) is 1.47. The van der Waals surface area contributed by atoms with Crippen LogP contribution in [0.1, 0.15) is 51.5 Å². The Bertz CT molecular complexity index is 396. The number of hydrogen-bond donors (Lipinski definition) is 1. The van der Waals surface area contributed by atoms with Gasteiger partial charge in [-0.15, -0.1) is 0 Å². The summed E-state index contributed by atoms with van der Waals surface area (Å²) in [6.45, 7) is 5.64. The molecule has 0 spiro atoms. The van der Waals surface area contributed by atoms with Crippen molar-refractivity contribution in [1.29, 1.82) is 0 Å². The van der Waals surface area contributed by atoms with E-state index < -0.39 is 0 Å². The average Bonchev–Trinajstić information content (AvgIpc) is 2.89. The Labute approximate surface area is 132 Å². The molecule has 1 nitrogen and oxygen atoms in total. The molecule has 0 aliphatic heterocycles. The van der Waals surface area contributed by atoms with Crippen LogP contribution in [-0.4, -0.2) is 12.6 Å². The van der Waals surface area contributed by atoms with Crippen molar-refractivity contribution in [3.63, 3.8) is 0 Å². The molecule has 1 unspecified atom stereocenters. The zero-order valence-corrected chi connectivity index (χ0v) is 14.5. The van der Waals surface area contributed by atoms with Gasteiger partial charge in [-0.1, -0.05) is 67.6 Å². The van der Waals surface area contributed by atoms with E-state index in [0.29, 0.717) is 6.04 Å². The fraction of sp³-hybridized carbons (Fsp3) is 0.667. The van der Waals surface area contributed by atoms with E-state index in [-0.39, 0.29) is 0 Å². The second-order valence-corrected chi connectivity index (χ2v) is 7.56. The van der Waals surface area contributed by atoms with Gasteiger partial charge in [-0.2, -0.15) is 0 Å². The van der Waals surface area contributed by atoms with Gasteiger partial charge in [-0.3, -0.25) is 0 Å². The molecular formula is C18H28BrN. The van der Waals surface area contributed by atoms with E-state index in [4.69, 9.17) is 0 Å². The van der Waals surface area contributed by atoms with Crippen LogP contribution in [0.15, 0.2) is 28.7 Å². The maximum Gasteiger partial charge on any atom is 0.0177 e. The molecule has 1 saturated carbocycles. The molecule has 0 radical (unpaired) electrons. The van der Waals surface area contributed by atoms with E-state index in [1.165, 1.54) is 48.6 Å². The number of hydrogen-bond acceptors (Lipinski definition) is 1. The molecule has 0 aromatic heterocycles. The summed E-state index contributed by atoms with van der Waals surface area (Å²) in [6, 6.07) is 9.39. The van der Waals surface area contributed by atoms with Crippen molar-refractivity contribution < 1.29 is 0 Å². The molecule has 1 fully saturated rings. The van der Waals surface area contributed by atoms with Gasteiger partial charge in [0.2, 0.25) is 0 Å². The van der Waals surface area contributed by atoms with Gasteiger partial charge in [0, 0.05) is 10.5 Å². The fourth-order valence-corrected chi connectivity index (χ4v) is 3.80. The summed E-state index contributed by atoms with van der Waals surface area (Å²) in [5.74, 6) is 1.75. The Hall–Kier alpha value is -0.340. The van der Waals surface area contributed by atoms with Crippen molar-refractivity contribution in [2.24, 2.45) is 11.8 Å². The maximum absolute atomic E-state index is 3.64. The van der Waals surface area contributed by atoms with Crippen LogP contribution in [0.25, 0.3) is 0 Å². The van der Waals surface area contributed by atoms with Crippen LogP contribution in [0.4, 0.5) is 0 Å². The first-order valence-electron chi connectivity index (χ1n) is 8.11. The Morgan fingerprint density at radius 2 is 2.00 bits per heavy atom. The van der Waals surface area contributed by atoms with Crippen LogP contribution < -0.4 is 5.32 Å². The van der Waals surface area contributed by atoms with Gasteiger partial charge < -0.3 is 5.32 Å². The van der Waals surface area contributed by atoms with Crippen molar-refractivity contribution in [3.8, 4) is 0 Å². The van der Waals surface area contributed by atoms with E-state index in [0.717, 1.165) is 18.4 Å². The highest BCUT2D eigenvalue weighted by atomic mass is 79.9. The summed E-state index contributed by atoms with van der Waals surface area (Å²) in [6.07, 6.45) is 8.41. The van der Waals surface area contributed by atoms with Crippen molar-refractivity contribution in [3.05, 3.63) is 34.3 Å². The van der Waals surface area contributed by atoms with Crippen molar-refractivity contribution >= 4 is 15.9 Å². The minimum Gasteiger partial charge on any atom is -0.314 e. The lowest BCUT2D eigenvalue weighted by Gasteiger charge is -2.22. The average molecular weight is 338 g/mol. The maximum atomic E-state index is 3.64. The zero-order chi connectivity index (χ0) is 14.4. The smallest absolute Gasteiger partial charge is 0.0177 e. The Kier molecular flexibility index (Phi) is 6.57. The molecule has 0 saturated heterocycles. The number of rotatable bonds is 7. The van der Waals surface area contributed by atoms with Crippen LogP contribution >= 0.6 is 15.9 Å². The standard InChI is InChI=1S/C18H28BrN/c1-14(2)20-13-17(10-15-6-3-4-7-15)11-16-8-5-9-18(19)12-16/h5,8-9,12,14-15,17,20H,3-4,6-7,10-11,13H2,1-2H3. The van der Waals surface area contributed by atoms with Gasteiger partial charge in [-0.05, 0) is 48.9 Å². The van der Waals surface area contributed by atoms with Crippen LogP contribution in [0.3, 0.4) is 0 Å². The van der Waals surface area contributed by atoms with Crippen LogP contribution in [-0.2, 0) is 6.42 Å². The molecular weight excluding hydrogens is 310 g/mol. The summed E-state index contributed by atoms with van der Waals surface area (Å²) in [7, 11) is 0. The largest absolute Gasteiger partial charge is 0.314 e. The Balaban J connectivity index is 1.93. The van der Waals surface area contributed by atoms with Gasteiger partial charge in [0.25, 0.3) is 0 Å². The van der Waals surface area contributed by atoms with Crippen LogP contribution in [0.5, 0.6) is 0 Å². The highest BCUT2D eigenvalue weighted by Crippen LogP contribution is 2.31. The summed E-state index contributed by atoms with van der Waals surface area (Å²) in [4.78, 5) is 0. The second-order valence-electron chi connectivity index (χ2n) is 6.65. The van der Waals surface area contributed by atoms with E-state index in [1.54, 1.807) is 0 Å². The minimum atomic E-state index is 0.587. The van der Waals surface area contributed by atoms with E-state index >= 15 is 0 Å². The first-order valence-corrected chi connectivity index (χ1v) is 8.90. The first-order chi connectivity index (χ1) is 9.63. The molecule has 2 heteroatoms. The SMILES string of the molecule is CC(C)NCC(Cc1cccc(Br)c1)CC1CCCC1. The quantitative estimate of drug-likeness (QED) is 0.722. The van der Waals surface area contributed by atoms with Crippen molar-refractivity contribution in [1.82, 2.24) is 5.32 Å². The third kappa shape index (κ3) is 5.57. The molecule has 1 aromatic carbocycles. The monoisotopic (exact) mass is 337 g/mol. The molecule has 1 aliphatic carbocycles. The number of halogens is 1. The molecule has 1 aromatic rings. The fourth-order valence-electron chi connectivity index (χ4n) is 3.36. The minimum absolute atomic E-state index is 0.587. The van der Waals surface area contributed by atoms with Gasteiger partial charge in [0.05, 0.1) is 0 Å². The van der Waals surface area contributed by atoms with Crippen molar-refractivity contribution in [2.75, 3.05) is 6.54 Å². The predicted molar refractivity (Wildman–Crippen MR) is 91.0 cm³/mol. The molecule has 1 aliphatic rings. The Morgan fingerprint density at radius 1 is 1.25 bits per heavy atom. The molecule has 1 N–H and O–H groups in total. The zero-order valence-electron chi connectivity index (χ0n) is 12.9. The molecule has 1 atom stereocenters. The predicted octanol–water partition coefficient (Wildman–Crippen LogP) is 5.19. The van der Waals surface area contributed by atoms with E-state index in [9.17, 15) is 0 Å². The summed E-state index contributed by atoms with van der Waals surface area (Å²) in [5, 5.41) is 3.64. The molecule has 112 valence electrons. The molecule has 0 amide bonds. The molecule has 0 heterocycles.